The van der Waals surface area contributed by atoms with Gasteiger partial charge in [0.05, 0.1) is 5.39 Å². The van der Waals surface area contributed by atoms with E-state index in [2.05, 4.69) is 21.8 Å². The minimum atomic E-state index is 0.156. The number of amides is 1. The van der Waals surface area contributed by atoms with Crippen LogP contribution < -0.4 is 4.90 Å². The van der Waals surface area contributed by atoms with Gasteiger partial charge in [-0.1, -0.05) is 6.92 Å². The van der Waals surface area contributed by atoms with Crippen molar-refractivity contribution in [2.45, 2.75) is 52.0 Å². The molecule has 25 heavy (non-hydrogen) atoms. The Balaban J connectivity index is 1.61. The fraction of sp³-hybridized carbons (Fsp3) is 0.632. The first-order valence-electron chi connectivity index (χ1n) is 9.28. The number of anilines is 1. The highest BCUT2D eigenvalue weighted by Gasteiger charge is 2.28. The summed E-state index contributed by atoms with van der Waals surface area (Å²) in [5.74, 6) is 2.04. The lowest BCUT2D eigenvalue weighted by Crippen LogP contribution is -2.45. The van der Waals surface area contributed by atoms with E-state index in [1.165, 1.54) is 28.7 Å². The van der Waals surface area contributed by atoms with Crippen LogP contribution in [0.25, 0.3) is 10.2 Å². The number of nitrogens with zero attached hydrogens (tertiary/aromatic N) is 4. The summed E-state index contributed by atoms with van der Waals surface area (Å²) in [6.45, 7) is 5.90. The first-order chi connectivity index (χ1) is 12.0. The van der Waals surface area contributed by atoms with E-state index in [0.717, 1.165) is 48.9 Å². The minimum Gasteiger partial charge on any atom is -0.356 e. The normalized spacial score (nSPS) is 21.4. The molecule has 1 amide bonds. The SMILES string of the molecule is CC(=O)N(C)C1CCN(c2ncnc3sc4c(c23)CC[C@H](C)C4)CC1. The average molecular weight is 359 g/mol. The average Bonchev–Trinajstić information content (AvgIpc) is 2.98. The molecule has 3 heterocycles. The van der Waals surface area contributed by atoms with E-state index < -0.39 is 0 Å². The molecule has 2 aromatic rings. The molecule has 0 spiro atoms. The van der Waals surface area contributed by atoms with Gasteiger partial charge in [-0.15, -0.1) is 11.3 Å². The molecule has 1 fully saturated rings. The van der Waals surface area contributed by atoms with E-state index in [0.29, 0.717) is 6.04 Å². The molecule has 1 atom stereocenters. The molecule has 0 unspecified atom stereocenters. The molecule has 2 aliphatic rings. The number of carbonyl (C=O) groups is 1. The van der Waals surface area contributed by atoms with Gasteiger partial charge in [-0.25, -0.2) is 9.97 Å². The van der Waals surface area contributed by atoms with Crippen LogP contribution in [0.2, 0.25) is 0 Å². The zero-order valence-corrected chi connectivity index (χ0v) is 16.1. The highest BCUT2D eigenvalue weighted by atomic mass is 32.1. The topological polar surface area (TPSA) is 49.3 Å². The number of carbonyl (C=O) groups excluding carboxylic acids is 1. The highest BCUT2D eigenvalue weighted by Crippen LogP contribution is 2.41. The van der Waals surface area contributed by atoms with Crippen molar-refractivity contribution in [2.24, 2.45) is 5.92 Å². The second kappa shape index (κ2) is 6.56. The number of fused-ring (bicyclic) bond motifs is 3. The minimum absolute atomic E-state index is 0.156. The van der Waals surface area contributed by atoms with Crippen LogP contribution in [0.3, 0.4) is 0 Å². The summed E-state index contributed by atoms with van der Waals surface area (Å²) in [6.07, 6.45) is 7.33. The van der Waals surface area contributed by atoms with Crippen LogP contribution in [0.15, 0.2) is 6.33 Å². The summed E-state index contributed by atoms with van der Waals surface area (Å²) in [5, 5.41) is 1.30. The van der Waals surface area contributed by atoms with Crippen LogP contribution in [-0.2, 0) is 17.6 Å². The van der Waals surface area contributed by atoms with Crippen molar-refractivity contribution in [3.05, 3.63) is 16.8 Å². The second-order valence-corrected chi connectivity index (χ2v) is 8.66. The molecular formula is C19H26N4OS. The van der Waals surface area contributed by atoms with E-state index in [-0.39, 0.29) is 5.91 Å². The number of aryl methyl sites for hydroxylation is 1. The number of rotatable bonds is 2. The summed E-state index contributed by atoms with van der Waals surface area (Å²) >= 11 is 1.86. The van der Waals surface area contributed by atoms with Crippen LogP contribution in [-0.4, -0.2) is 47.0 Å². The molecule has 0 bridgehead atoms. The lowest BCUT2D eigenvalue weighted by atomic mass is 9.89. The Labute approximate surface area is 153 Å². The monoisotopic (exact) mass is 358 g/mol. The van der Waals surface area contributed by atoms with Gasteiger partial charge in [0, 0.05) is 38.0 Å². The number of aromatic nitrogens is 2. The van der Waals surface area contributed by atoms with E-state index in [1.807, 2.05) is 23.3 Å². The number of hydrogen-bond donors (Lipinski definition) is 0. The Morgan fingerprint density at radius 3 is 2.76 bits per heavy atom. The maximum Gasteiger partial charge on any atom is 0.219 e. The van der Waals surface area contributed by atoms with Crippen molar-refractivity contribution in [1.82, 2.24) is 14.9 Å². The smallest absolute Gasteiger partial charge is 0.219 e. The Morgan fingerprint density at radius 2 is 2.04 bits per heavy atom. The number of thiophene rings is 1. The predicted molar refractivity (Wildman–Crippen MR) is 102 cm³/mol. The van der Waals surface area contributed by atoms with Crippen molar-refractivity contribution in [3.8, 4) is 0 Å². The molecule has 4 rings (SSSR count). The maximum absolute atomic E-state index is 11.6. The van der Waals surface area contributed by atoms with Gasteiger partial charge in [0.1, 0.15) is 17.0 Å². The van der Waals surface area contributed by atoms with Gasteiger partial charge in [-0.2, -0.15) is 0 Å². The Kier molecular flexibility index (Phi) is 4.40. The standard InChI is InChI=1S/C19H26N4OS/c1-12-4-5-15-16(10-12)25-19-17(15)18(20-11-21-19)23-8-6-14(7-9-23)22(3)13(2)24/h11-12,14H,4-10H2,1-3H3/t12-/m0/s1. The summed E-state index contributed by atoms with van der Waals surface area (Å²) in [6, 6.07) is 0.350. The van der Waals surface area contributed by atoms with Crippen molar-refractivity contribution in [2.75, 3.05) is 25.0 Å². The van der Waals surface area contributed by atoms with Gasteiger partial charge in [-0.05, 0) is 43.6 Å². The number of hydrogen-bond acceptors (Lipinski definition) is 5. The molecule has 0 radical (unpaired) electrons. The van der Waals surface area contributed by atoms with E-state index in [9.17, 15) is 4.79 Å². The molecule has 0 N–H and O–H groups in total. The van der Waals surface area contributed by atoms with Gasteiger partial charge in [0.2, 0.25) is 5.91 Å². The van der Waals surface area contributed by atoms with Crippen LogP contribution in [0.4, 0.5) is 5.82 Å². The zero-order valence-electron chi connectivity index (χ0n) is 15.3. The van der Waals surface area contributed by atoms with E-state index in [1.54, 1.807) is 13.3 Å². The lowest BCUT2D eigenvalue weighted by molar-refractivity contribution is -0.129. The van der Waals surface area contributed by atoms with Gasteiger partial charge >= 0.3 is 0 Å². The quantitative estimate of drug-likeness (QED) is 0.827. The molecule has 1 aliphatic carbocycles. The second-order valence-electron chi connectivity index (χ2n) is 7.58. The highest BCUT2D eigenvalue weighted by molar-refractivity contribution is 7.19. The van der Waals surface area contributed by atoms with E-state index in [4.69, 9.17) is 0 Å². The Hall–Kier alpha value is -1.69. The first-order valence-corrected chi connectivity index (χ1v) is 10.1. The summed E-state index contributed by atoms with van der Waals surface area (Å²) in [4.78, 5) is 27.8. The largest absolute Gasteiger partial charge is 0.356 e. The first kappa shape index (κ1) is 16.8. The van der Waals surface area contributed by atoms with Crippen molar-refractivity contribution in [3.63, 3.8) is 0 Å². The van der Waals surface area contributed by atoms with Gasteiger partial charge in [0.15, 0.2) is 0 Å². The third-order valence-corrected chi connectivity index (χ3v) is 7.04. The molecule has 0 aromatic carbocycles. The fourth-order valence-corrected chi connectivity index (χ4v) is 5.57. The molecule has 1 aliphatic heterocycles. The zero-order chi connectivity index (χ0) is 17.6. The van der Waals surface area contributed by atoms with Crippen molar-refractivity contribution >= 4 is 33.3 Å². The van der Waals surface area contributed by atoms with Gasteiger partial charge < -0.3 is 9.80 Å². The molecule has 134 valence electrons. The Bertz CT molecular complexity index is 794. The Morgan fingerprint density at radius 1 is 1.28 bits per heavy atom. The fourth-order valence-electron chi connectivity index (χ4n) is 4.22. The predicted octanol–water partition coefficient (Wildman–Crippen LogP) is 3.26. The maximum atomic E-state index is 11.6. The van der Waals surface area contributed by atoms with Gasteiger partial charge in [0.25, 0.3) is 0 Å². The van der Waals surface area contributed by atoms with Crippen LogP contribution in [0.5, 0.6) is 0 Å². The molecular weight excluding hydrogens is 332 g/mol. The van der Waals surface area contributed by atoms with Crippen LogP contribution in [0, 0.1) is 5.92 Å². The van der Waals surface area contributed by atoms with Crippen molar-refractivity contribution in [1.29, 1.82) is 0 Å². The molecule has 6 heteroatoms. The van der Waals surface area contributed by atoms with Crippen LogP contribution in [0.1, 0.15) is 43.6 Å². The third-order valence-electron chi connectivity index (χ3n) is 5.88. The molecule has 1 saturated heterocycles. The number of piperidine rings is 1. The summed E-state index contributed by atoms with van der Waals surface area (Å²) in [7, 11) is 1.92. The summed E-state index contributed by atoms with van der Waals surface area (Å²) < 4.78 is 0. The van der Waals surface area contributed by atoms with E-state index >= 15 is 0 Å². The molecule has 5 nitrogen and oxygen atoms in total. The molecule has 2 aromatic heterocycles. The summed E-state index contributed by atoms with van der Waals surface area (Å²) in [5.41, 5.74) is 1.50. The van der Waals surface area contributed by atoms with Crippen molar-refractivity contribution < 1.29 is 4.79 Å². The lowest BCUT2D eigenvalue weighted by Gasteiger charge is -2.37. The van der Waals surface area contributed by atoms with Crippen LogP contribution >= 0.6 is 11.3 Å². The molecule has 0 saturated carbocycles. The van der Waals surface area contributed by atoms with Gasteiger partial charge in [-0.3, -0.25) is 4.79 Å². The third kappa shape index (κ3) is 3.01.